The number of halogens is 1. The Morgan fingerprint density at radius 1 is 1.36 bits per heavy atom. The van der Waals surface area contributed by atoms with Gasteiger partial charge in [-0.15, -0.1) is 0 Å². The molecule has 6 nitrogen and oxygen atoms in total. The summed E-state index contributed by atoms with van der Waals surface area (Å²) in [6.07, 6.45) is 4.09. The SMILES string of the molecule is CCOc1c(Cl)cc(/C=C/C(=O)N2CCC(C(=O)O)CC2)cc1OC. The molecule has 1 aliphatic rings. The van der Waals surface area contributed by atoms with Crippen molar-refractivity contribution in [2.45, 2.75) is 19.8 Å². The summed E-state index contributed by atoms with van der Waals surface area (Å²) in [5.41, 5.74) is 0.721. The van der Waals surface area contributed by atoms with Crippen molar-refractivity contribution in [3.63, 3.8) is 0 Å². The Kier molecular flexibility index (Phi) is 6.70. The smallest absolute Gasteiger partial charge is 0.306 e. The zero-order valence-electron chi connectivity index (χ0n) is 14.3. The lowest BCUT2D eigenvalue weighted by Crippen LogP contribution is -2.39. The first kappa shape index (κ1) is 19.1. The van der Waals surface area contributed by atoms with Gasteiger partial charge in [0.2, 0.25) is 5.91 Å². The molecule has 1 N–H and O–H groups in total. The number of likely N-dealkylation sites (tertiary alicyclic amines) is 1. The fourth-order valence-corrected chi connectivity index (χ4v) is 3.01. The highest BCUT2D eigenvalue weighted by molar-refractivity contribution is 6.32. The normalized spacial score (nSPS) is 15.4. The summed E-state index contributed by atoms with van der Waals surface area (Å²) < 4.78 is 10.7. The molecule has 1 aromatic carbocycles. The summed E-state index contributed by atoms with van der Waals surface area (Å²) in [7, 11) is 1.53. The van der Waals surface area contributed by atoms with E-state index in [-0.39, 0.29) is 11.8 Å². The Hall–Kier alpha value is -2.21. The van der Waals surface area contributed by atoms with Gasteiger partial charge >= 0.3 is 5.97 Å². The number of piperidine rings is 1. The summed E-state index contributed by atoms with van der Waals surface area (Å²) in [5, 5.41) is 9.41. The van der Waals surface area contributed by atoms with E-state index in [4.69, 9.17) is 26.2 Å². The first-order valence-corrected chi connectivity index (χ1v) is 8.54. The van der Waals surface area contributed by atoms with Crippen LogP contribution in [0.5, 0.6) is 11.5 Å². The summed E-state index contributed by atoms with van der Waals surface area (Å²) in [5.74, 6) is -0.316. The molecule has 1 aliphatic heterocycles. The van der Waals surface area contributed by atoms with E-state index in [1.54, 1.807) is 23.1 Å². The largest absolute Gasteiger partial charge is 0.493 e. The average Bonchev–Trinajstić information content (AvgIpc) is 2.61. The van der Waals surface area contributed by atoms with E-state index in [0.29, 0.717) is 49.1 Å². The minimum Gasteiger partial charge on any atom is -0.493 e. The van der Waals surface area contributed by atoms with Gasteiger partial charge in [0.25, 0.3) is 0 Å². The predicted octanol–water partition coefficient (Wildman–Crippen LogP) is 3.08. The van der Waals surface area contributed by atoms with Crippen LogP contribution in [0.15, 0.2) is 18.2 Å². The molecule has 0 aliphatic carbocycles. The molecule has 0 aromatic heterocycles. The van der Waals surface area contributed by atoms with Crippen LogP contribution in [0.4, 0.5) is 0 Å². The fourth-order valence-electron chi connectivity index (χ4n) is 2.74. The van der Waals surface area contributed by atoms with Crippen LogP contribution in [0.3, 0.4) is 0 Å². The van der Waals surface area contributed by atoms with E-state index in [0.717, 1.165) is 5.56 Å². The molecule has 1 fully saturated rings. The standard InChI is InChI=1S/C18H22ClNO5/c1-3-25-17-14(19)10-12(11-15(17)24-2)4-5-16(21)20-8-6-13(7-9-20)18(22)23/h4-5,10-11,13H,3,6-9H2,1-2H3,(H,22,23)/b5-4+. The van der Waals surface area contributed by atoms with Crippen molar-refractivity contribution in [1.29, 1.82) is 0 Å². The highest BCUT2D eigenvalue weighted by Crippen LogP contribution is 2.36. The molecule has 1 amide bonds. The molecule has 0 spiro atoms. The van der Waals surface area contributed by atoms with Crippen LogP contribution < -0.4 is 9.47 Å². The Morgan fingerprint density at radius 3 is 2.60 bits per heavy atom. The summed E-state index contributed by atoms with van der Waals surface area (Å²) in [4.78, 5) is 24.9. The molecule has 0 saturated carbocycles. The second-order valence-electron chi connectivity index (χ2n) is 5.74. The number of carboxylic acid groups (broad SMARTS) is 1. The molecule has 1 saturated heterocycles. The van der Waals surface area contributed by atoms with Crippen LogP contribution in [0.2, 0.25) is 5.02 Å². The lowest BCUT2D eigenvalue weighted by molar-refractivity contribution is -0.144. The summed E-state index contributed by atoms with van der Waals surface area (Å²) >= 11 is 6.21. The first-order chi connectivity index (χ1) is 12.0. The number of methoxy groups -OCH3 is 1. The number of carbonyl (C=O) groups is 2. The summed E-state index contributed by atoms with van der Waals surface area (Å²) in [6, 6.07) is 3.45. The number of rotatable bonds is 6. The van der Waals surface area contributed by atoms with Gasteiger partial charge in [0.1, 0.15) is 0 Å². The Morgan fingerprint density at radius 2 is 2.04 bits per heavy atom. The molecule has 0 atom stereocenters. The third-order valence-corrected chi connectivity index (χ3v) is 4.40. The Bertz CT molecular complexity index is 666. The number of hydrogen-bond acceptors (Lipinski definition) is 4. The van der Waals surface area contributed by atoms with Crippen molar-refractivity contribution < 1.29 is 24.2 Å². The predicted molar refractivity (Wildman–Crippen MR) is 95.1 cm³/mol. The van der Waals surface area contributed by atoms with Crippen LogP contribution in [0, 0.1) is 5.92 Å². The van der Waals surface area contributed by atoms with Gasteiger partial charge < -0.3 is 19.5 Å². The first-order valence-electron chi connectivity index (χ1n) is 8.16. The molecule has 0 radical (unpaired) electrons. The van der Waals surface area contributed by atoms with E-state index < -0.39 is 5.97 Å². The number of nitrogens with zero attached hydrogens (tertiary/aromatic N) is 1. The zero-order chi connectivity index (χ0) is 18.4. The minimum atomic E-state index is -0.793. The Labute approximate surface area is 152 Å². The van der Waals surface area contributed by atoms with Gasteiger partial charge in [0.05, 0.1) is 24.7 Å². The van der Waals surface area contributed by atoms with Crippen molar-refractivity contribution >= 4 is 29.6 Å². The van der Waals surface area contributed by atoms with Gasteiger partial charge in [0, 0.05) is 19.2 Å². The van der Waals surface area contributed by atoms with Crippen molar-refractivity contribution in [1.82, 2.24) is 4.90 Å². The van der Waals surface area contributed by atoms with Gasteiger partial charge in [-0.05, 0) is 43.5 Å². The van der Waals surface area contributed by atoms with E-state index in [1.165, 1.54) is 13.2 Å². The molecule has 0 bridgehead atoms. The van der Waals surface area contributed by atoms with Crippen molar-refractivity contribution in [2.75, 3.05) is 26.8 Å². The fraction of sp³-hybridized carbons (Fsp3) is 0.444. The molecular formula is C18H22ClNO5. The van der Waals surface area contributed by atoms with Crippen LogP contribution in [0.25, 0.3) is 6.08 Å². The van der Waals surface area contributed by atoms with Crippen LogP contribution in [0.1, 0.15) is 25.3 Å². The van der Waals surface area contributed by atoms with Crippen molar-refractivity contribution in [3.05, 3.63) is 28.8 Å². The van der Waals surface area contributed by atoms with Gasteiger partial charge in [-0.2, -0.15) is 0 Å². The van der Waals surface area contributed by atoms with Gasteiger partial charge in [-0.3, -0.25) is 9.59 Å². The third-order valence-electron chi connectivity index (χ3n) is 4.11. The van der Waals surface area contributed by atoms with E-state index in [9.17, 15) is 9.59 Å². The molecular weight excluding hydrogens is 346 g/mol. The summed E-state index contributed by atoms with van der Waals surface area (Å²) in [6.45, 7) is 3.23. The lowest BCUT2D eigenvalue weighted by Gasteiger charge is -2.29. The number of benzene rings is 1. The number of aliphatic carboxylic acids is 1. The second kappa shape index (κ2) is 8.76. The number of ether oxygens (including phenoxy) is 2. The molecule has 136 valence electrons. The number of amides is 1. The van der Waals surface area contributed by atoms with Gasteiger partial charge in [-0.1, -0.05) is 11.6 Å². The molecule has 7 heteroatoms. The van der Waals surface area contributed by atoms with Crippen LogP contribution in [-0.2, 0) is 9.59 Å². The minimum absolute atomic E-state index is 0.146. The van der Waals surface area contributed by atoms with Crippen molar-refractivity contribution in [3.8, 4) is 11.5 Å². The number of carboxylic acids is 1. The number of hydrogen-bond donors (Lipinski definition) is 1. The maximum absolute atomic E-state index is 12.3. The van der Waals surface area contributed by atoms with E-state index in [1.807, 2.05) is 6.92 Å². The zero-order valence-corrected chi connectivity index (χ0v) is 15.1. The molecule has 0 unspecified atom stereocenters. The number of carbonyl (C=O) groups excluding carboxylic acids is 1. The van der Waals surface area contributed by atoms with Gasteiger partial charge in [-0.25, -0.2) is 0 Å². The highest BCUT2D eigenvalue weighted by atomic mass is 35.5. The molecule has 1 aromatic rings. The van der Waals surface area contributed by atoms with Gasteiger partial charge in [0.15, 0.2) is 11.5 Å². The maximum Gasteiger partial charge on any atom is 0.306 e. The quantitative estimate of drug-likeness (QED) is 0.782. The average molecular weight is 368 g/mol. The third kappa shape index (κ3) is 4.89. The van der Waals surface area contributed by atoms with E-state index >= 15 is 0 Å². The highest BCUT2D eigenvalue weighted by Gasteiger charge is 2.26. The monoisotopic (exact) mass is 367 g/mol. The van der Waals surface area contributed by atoms with Crippen LogP contribution in [-0.4, -0.2) is 48.7 Å². The molecule has 1 heterocycles. The molecule has 2 rings (SSSR count). The van der Waals surface area contributed by atoms with Crippen LogP contribution >= 0.6 is 11.6 Å². The van der Waals surface area contributed by atoms with Crippen molar-refractivity contribution in [2.24, 2.45) is 5.92 Å². The van der Waals surface area contributed by atoms with E-state index in [2.05, 4.69) is 0 Å². The molecule has 25 heavy (non-hydrogen) atoms. The lowest BCUT2D eigenvalue weighted by atomic mass is 9.97. The second-order valence-corrected chi connectivity index (χ2v) is 6.15. The topological polar surface area (TPSA) is 76.1 Å². The Balaban J connectivity index is 2.05. The maximum atomic E-state index is 12.3.